The molecule has 0 aliphatic heterocycles. The van der Waals surface area contributed by atoms with Crippen LogP contribution in [-0.4, -0.2) is 24.2 Å². The summed E-state index contributed by atoms with van der Waals surface area (Å²) in [5, 5.41) is 0. The summed E-state index contributed by atoms with van der Waals surface area (Å²) in [4.78, 5) is 16.1. The van der Waals surface area contributed by atoms with Crippen LogP contribution in [0.25, 0.3) is 11.1 Å². The average molecular weight is 384 g/mol. The van der Waals surface area contributed by atoms with Crippen molar-refractivity contribution >= 4 is 9.84 Å². The molecule has 140 valence electrons. The molecule has 0 aliphatic rings. The molecule has 0 radical (unpaired) electrons. The fourth-order valence-corrected chi connectivity index (χ4v) is 3.39. The van der Waals surface area contributed by atoms with Gasteiger partial charge in [0.1, 0.15) is 12.4 Å². The number of sulfone groups is 1. The van der Waals surface area contributed by atoms with E-state index < -0.39 is 9.84 Å². The first-order valence-corrected chi connectivity index (χ1v) is 10.2. The number of aryl methyl sites for hydroxylation is 2. The van der Waals surface area contributed by atoms with Crippen LogP contribution in [-0.2, 0) is 23.5 Å². The summed E-state index contributed by atoms with van der Waals surface area (Å²) in [6.45, 7) is 2.00. The second kappa shape index (κ2) is 7.36. The summed E-state index contributed by atoms with van der Waals surface area (Å²) >= 11 is 0. The quantitative estimate of drug-likeness (QED) is 0.676. The van der Waals surface area contributed by atoms with Crippen molar-refractivity contribution in [1.29, 1.82) is 0 Å². The zero-order chi connectivity index (χ0) is 19.6. The summed E-state index contributed by atoms with van der Waals surface area (Å²) in [6, 6.07) is 10.3. The first-order chi connectivity index (χ1) is 12.7. The lowest BCUT2D eigenvalue weighted by Gasteiger charge is -2.12. The highest BCUT2D eigenvalue weighted by Gasteiger charge is 2.13. The molecule has 3 rings (SSSR count). The normalized spacial score (nSPS) is 11.4. The Morgan fingerprint density at radius 1 is 1.15 bits per heavy atom. The van der Waals surface area contributed by atoms with Crippen LogP contribution in [0.3, 0.4) is 0 Å². The van der Waals surface area contributed by atoms with Gasteiger partial charge in [0.15, 0.2) is 9.84 Å². The van der Waals surface area contributed by atoms with Gasteiger partial charge in [-0.3, -0.25) is 9.78 Å². The zero-order valence-corrected chi connectivity index (χ0v) is 16.2. The van der Waals surface area contributed by atoms with Gasteiger partial charge in [0.25, 0.3) is 5.56 Å². The molecule has 0 spiro atoms. The molecule has 1 aromatic carbocycles. The van der Waals surface area contributed by atoms with Crippen molar-refractivity contribution in [3.63, 3.8) is 0 Å². The maximum atomic E-state index is 12.1. The SMILES string of the molecule is Cc1cc(-c2cc(OCc3cccnc3)cc(S(C)(=O)=O)c2)cn(C)c1=O. The van der Waals surface area contributed by atoms with Crippen molar-refractivity contribution in [3.05, 3.63) is 76.5 Å². The molecule has 0 aliphatic carbocycles. The number of aromatic nitrogens is 2. The van der Waals surface area contributed by atoms with Crippen molar-refractivity contribution in [2.75, 3.05) is 6.26 Å². The minimum Gasteiger partial charge on any atom is -0.489 e. The highest BCUT2D eigenvalue weighted by atomic mass is 32.2. The van der Waals surface area contributed by atoms with Crippen LogP contribution < -0.4 is 10.3 Å². The lowest BCUT2D eigenvalue weighted by molar-refractivity contribution is 0.305. The van der Waals surface area contributed by atoms with E-state index in [1.54, 1.807) is 50.8 Å². The van der Waals surface area contributed by atoms with E-state index in [-0.39, 0.29) is 17.1 Å². The van der Waals surface area contributed by atoms with Gasteiger partial charge in [-0.1, -0.05) is 6.07 Å². The lowest BCUT2D eigenvalue weighted by atomic mass is 10.1. The van der Waals surface area contributed by atoms with E-state index >= 15 is 0 Å². The van der Waals surface area contributed by atoms with E-state index in [1.165, 1.54) is 10.6 Å². The van der Waals surface area contributed by atoms with Crippen molar-refractivity contribution in [2.24, 2.45) is 7.05 Å². The number of pyridine rings is 2. The predicted molar refractivity (Wildman–Crippen MR) is 104 cm³/mol. The Hall–Kier alpha value is -2.93. The number of hydrogen-bond acceptors (Lipinski definition) is 5. The van der Waals surface area contributed by atoms with Gasteiger partial charge in [0.05, 0.1) is 4.90 Å². The van der Waals surface area contributed by atoms with E-state index in [2.05, 4.69) is 4.98 Å². The minimum absolute atomic E-state index is 0.0916. The fraction of sp³-hybridized carbons (Fsp3) is 0.200. The van der Waals surface area contributed by atoms with E-state index in [9.17, 15) is 13.2 Å². The third kappa shape index (κ3) is 4.43. The number of nitrogens with zero attached hydrogens (tertiary/aromatic N) is 2. The van der Waals surface area contributed by atoms with Crippen LogP contribution in [0.1, 0.15) is 11.1 Å². The molecule has 0 unspecified atom stereocenters. The van der Waals surface area contributed by atoms with Gasteiger partial charge in [-0.2, -0.15) is 0 Å². The average Bonchev–Trinajstić information content (AvgIpc) is 2.64. The molecule has 0 N–H and O–H groups in total. The standard InChI is InChI=1S/C20H20N2O4S/c1-14-7-17(12-22(2)20(14)23)16-8-18(10-19(9-16)27(3,24)25)26-13-15-5-4-6-21-11-15/h4-12H,13H2,1-3H3. The van der Waals surface area contributed by atoms with Gasteiger partial charge in [-0.25, -0.2) is 8.42 Å². The largest absolute Gasteiger partial charge is 0.489 e. The van der Waals surface area contributed by atoms with Crippen LogP contribution in [0.4, 0.5) is 0 Å². The predicted octanol–water partition coefficient (Wildman–Crippen LogP) is 2.74. The third-order valence-electron chi connectivity index (χ3n) is 4.13. The molecular formula is C20H20N2O4S. The zero-order valence-electron chi connectivity index (χ0n) is 15.3. The molecule has 3 aromatic rings. The Bertz CT molecular complexity index is 1110. The smallest absolute Gasteiger partial charge is 0.253 e. The second-order valence-corrected chi connectivity index (χ2v) is 8.46. The van der Waals surface area contributed by atoms with Crippen LogP contribution in [0.5, 0.6) is 5.75 Å². The number of rotatable bonds is 5. The van der Waals surface area contributed by atoms with E-state index in [0.29, 0.717) is 16.9 Å². The molecule has 0 saturated carbocycles. The Morgan fingerprint density at radius 3 is 2.56 bits per heavy atom. The molecular weight excluding hydrogens is 364 g/mol. The Kier molecular flexibility index (Phi) is 5.14. The molecule has 0 bridgehead atoms. The molecule has 0 atom stereocenters. The van der Waals surface area contributed by atoms with Crippen molar-refractivity contribution < 1.29 is 13.2 Å². The Morgan fingerprint density at radius 2 is 1.93 bits per heavy atom. The maximum Gasteiger partial charge on any atom is 0.253 e. The van der Waals surface area contributed by atoms with Gasteiger partial charge >= 0.3 is 0 Å². The molecule has 2 heterocycles. The first kappa shape index (κ1) is 18.8. The monoisotopic (exact) mass is 384 g/mol. The Labute approximate surface area is 158 Å². The summed E-state index contributed by atoms with van der Waals surface area (Å²) < 4.78 is 31.5. The van der Waals surface area contributed by atoms with Crippen LogP contribution in [0.2, 0.25) is 0 Å². The van der Waals surface area contributed by atoms with Gasteiger partial charge in [0.2, 0.25) is 0 Å². The molecule has 0 fully saturated rings. The van der Waals surface area contributed by atoms with Gasteiger partial charge < -0.3 is 9.30 Å². The van der Waals surface area contributed by atoms with E-state index in [0.717, 1.165) is 17.4 Å². The summed E-state index contributed by atoms with van der Waals surface area (Å²) in [7, 11) is -1.76. The minimum atomic E-state index is -3.43. The van der Waals surface area contributed by atoms with Crippen LogP contribution in [0, 0.1) is 6.92 Å². The van der Waals surface area contributed by atoms with Gasteiger partial charge in [-0.15, -0.1) is 0 Å². The van der Waals surface area contributed by atoms with Crippen LogP contribution in [0.15, 0.2) is 64.7 Å². The number of hydrogen-bond donors (Lipinski definition) is 0. The third-order valence-corrected chi connectivity index (χ3v) is 5.22. The fourth-order valence-electron chi connectivity index (χ4n) is 2.72. The number of ether oxygens (including phenoxy) is 1. The maximum absolute atomic E-state index is 12.1. The van der Waals surface area contributed by atoms with Gasteiger partial charge in [-0.05, 0) is 48.4 Å². The van der Waals surface area contributed by atoms with E-state index in [1.807, 2.05) is 12.1 Å². The van der Waals surface area contributed by atoms with Crippen molar-refractivity contribution in [2.45, 2.75) is 18.4 Å². The lowest BCUT2D eigenvalue weighted by Crippen LogP contribution is -2.18. The van der Waals surface area contributed by atoms with Crippen LogP contribution >= 0.6 is 0 Å². The van der Waals surface area contributed by atoms with Gasteiger partial charge in [0, 0.05) is 43.0 Å². The van der Waals surface area contributed by atoms with E-state index in [4.69, 9.17) is 4.74 Å². The molecule has 6 nitrogen and oxygen atoms in total. The highest BCUT2D eigenvalue weighted by Crippen LogP contribution is 2.29. The Balaban J connectivity index is 2.05. The first-order valence-electron chi connectivity index (χ1n) is 8.28. The number of benzene rings is 1. The summed E-state index contributed by atoms with van der Waals surface area (Å²) in [5.41, 5.74) is 2.77. The summed E-state index contributed by atoms with van der Waals surface area (Å²) in [5.74, 6) is 0.434. The second-order valence-electron chi connectivity index (χ2n) is 6.44. The molecule has 27 heavy (non-hydrogen) atoms. The molecule has 2 aromatic heterocycles. The summed E-state index contributed by atoms with van der Waals surface area (Å²) in [6.07, 6.45) is 6.20. The van der Waals surface area contributed by atoms with Crippen molar-refractivity contribution in [1.82, 2.24) is 9.55 Å². The van der Waals surface area contributed by atoms with Crippen molar-refractivity contribution in [3.8, 4) is 16.9 Å². The highest BCUT2D eigenvalue weighted by molar-refractivity contribution is 7.90. The topological polar surface area (TPSA) is 78.3 Å². The molecule has 0 saturated heterocycles. The molecule has 0 amide bonds. The molecule has 7 heteroatoms.